The number of nitro groups is 1. The fourth-order valence-corrected chi connectivity index (χ4v) is 5.16. The number of nitrogens with one attached hydrogen (secondary N) is 4. The van der Waals surface area contributed by atoms with Crippen molar-refractivity contribution in [1.29, 1.82) is 0 Å². The molecule has 3 aromatic rings. The van der Waals surface area contributed by atoms with Gasteiger partial charge in [0.05, 0.1) is 4.92 Å². The van der Waals surface area contributed by atoms with E-state index in [2.05, 4.69) is 25.6 Å². The first-order chi connectivity index (χ1) is 16.6. The Morgan fingerprint density at radius 2 is 1.80 bits per heavy atom. The van der Waals surface area contributed by atoms with Gasteiger partial charge in [0, 0.05) is 6.07 Å². The van der Waals surface area contributed by atoms with Gasteiger partial charge in [-0.25, -0.2) is 8.42 Å². The number of nitrogens with zero attached hydrogens (tertiary/aromatic N) is 2. The van der Waals surface area contributed by atoms with Crippen LogP contribution in [0, 0.1) is 14.1 Å². The third kappa shape index (κ3) is 6.98. The van der Waals surface area contributed by atoms with E-state index in [4.69, 9.17) is 12.2 Å². The maximum absolute atomic E-state index is 13.1. The van der Waals surface area contributed by atoms with Gasteiger partial charge in [-0.05, 0) is 37.2 Å². The first-order valence-electron chi connectivity index (χ1n) is 10.0. The Kier molecular flexibility index (Phi) is 8.39. The highest BCUT2D eigenvalue weighted by atomic mass is 32.2. The van der Waals surface area contributed by atoms with Crippen LogP contribution in [0.2, 0.25) is 0 Å². The van der Waals surface area contributed by atoms with Crippen molar-refractivity contribution in [1.82, 2.24) is 20.2 Å². The molecule has 184 valence electrons. The number of amides is 2. The quantitative estimate of drug-likeness (QED) is 0.173. The molecule has 4 N–H and O–H groups in total. The average molecular weight is 537 g/mol. The molecule has 2 aromatic carbocycles. The van der Waals surface area contributed by atoms with Crippen molar-refractivity contribution < 1.29 is 22.9 Å². The molecule has 3 rings (SSSR count). The van der Waals surface area contributed by atoms with E-state index < -0.39 is 49.4 Å². The third-order valence-corrected chi connectivity index (χ3v) is 7.19. The summed E-state index contributed by atoms with van der Waals surface area (Å²) in [6.45, 7) is 1.41. The summed E-state index contributed by atoms with van der Waals surface area (Å²) in [5.41, 5.74) is -0.000656. The Hall–Kier alpha value is -3.53. The predicted octanol–water partition coefficient (Wildman–Crippen LogP) is 2.14. The van der Waals surface area contributed by atoms with Gasteiger partial charge in [-0.15, -0.1) is 5.10 Å². The zero-order valence-corrected chi connectivity index (χ0v) is 20.6. The van der Waals surface area contributed by atoms with Gasteiger partial charge in [0.25, 0.3) is 5.69 Å². The van der Waals surface area contributed by atoms with Crippen LogP contribution in [0.5, 0.6) is 0 Å². The minimum absolute atomic E-state index is 0.0678. The van der Waals surface area contributed by atoms with Crippen LogP contribution in [0.15, 0.2) is 59.5 Å². The highest BCUT2D eigenvalue weighted by Crippen LogP contribution is 2.23. The largest absolute Gasteiger partial charge is 0.343 e. The Bertz CT molecular complexity index is 1390. The third-order valence-electron chi connectivity index (χ3n) is 4.67. The van der Waals surface area contributed by atoms with E-state index >= 15 is 0 Å². The number of aromatic nitrogens is 2. The predicted molar refractivity (Wildman–Crippen MR) is 131 cm³/mol. The molecule has 2 atom stereocenters. The molecule has 0 radical (unpaired) electrons. The van der Waals surface area contributed by atoms with Gasteiger partial charge in [-0.3, -0.25) is 30.1 Å². The molecule has 1 heterocycles. The lowest BCUT2D eigenvalue weighted by molar-refractivity contribution is -0.387. The molecule has 12 nitrogen and oxygen atoms in total. The number of benzene rings is 2. The van der Waals surface area contributed by atoms with E-state index in [9.17, 15) is 28.1 Å². The topological polar surface area (TPSA) is 176 Å². The Morgan fingerprint density at radius 1 is 1.14 bits per heavy atom. The molecule has 15 heteroatoms. The number of hydrogen-bond donors (Lipinski definition) is 4. The number of hydrogen-bond acceptors (Lipinski definition) is 9. The van der Waals surface area contributed by atoms with Gasteiger partial charge in [0.1, 0.15) is 12.1 Å². The van der Waals surface area contributed by atoms with Crippen molar-refractivity contribution >= 4 is 56.2 Å². The lowest BCUT2D eigenvalue weighted by Crippen LogP contribution is -2.52. The maximum atomic E-state index is 13.1. The normalized spacial score (nSPS) is 12.9. The summed E-state index contributed by atoms with van der Waals surface area (Å²) in [4.78, 5) is 35.4. The molecule has 0 aliphatic heterocycles. The van der Waals surface area contributed by atoms with E-state index in [0.717, 1.165) is 23.5 Å². The fourth-order valence-electron chi connectivity index (χ4n) is 3.00. The molecule has 0 saturated carbocycles. The van der Waals surface area contributed by atoms with Crippen molar-refractivity contribution in [3.8, 4) is 0 Å². The minimum atomic E-state index is -4.48. The summed E-state index contributed by atoms with van der Waals surface area (Å²) < 4.78 is 28.7. The average Bonchev–Trinajstić information content (AvgIpc) is 3.23. The summed E-state index contributed by atoms with van der Waals surface area (Å²) in [6.07, 6.45) is -0.0678. The summed E-state index contributed by atoms with van der Waals surface area (Å²) in [6, 6.07) is 11.0. The molecular formula is C20H20N6O6S3. The lowest BCUT2D eigenvalue weighted by Gasteiger charge is -2.21. The number of nitro benzene ring substituents is 1. The molecule has 0 aliphatic carbocycles. The number of sulfonamides is 1. The second-order valence-corrected chi connectivity index (χ2v) is 10.6. The summed E-state index contributed by atoms with van der Waals surface area (Å²) in [7, 11) is -4.48. The van der Waals surface area contributed by atoms with Gasteiger partial charge >= 0.3 is 0 Å². The molecule has 35 heavy (non-hydrogen) atoms. The number of aromatic amines is 1. The van der Waals surface area contributed by atoms with Crippen molar-refractivity contribution in [3.05, 3.63) is 74.2 Å². The highest BCUT2D eigenvalue weighted by Gasteiger charge is 2.32. The summed E-state index contributed by atoms with van der Waals surface area (Å²) >= 11 is 5.93. The van der Waals surface area contributed by atoms with Gasteiger partial charge in [-0.2, -0.15) is 4.72 Å². The molecule has 0 bridgehead atoms. The zero-order chi connectivity index (χ0) is 25.6. The van der Waals surface area contributed by atoms with Crippen molar-refractivity contribution in [2.75, 3.05) is 5.32 Å². The maximum Gasteiger partial charge on any atom is 0.289 e. The molecule has 0 spiro atoms. The number of carbonyl (C=O) groups is 2. The first-order valence-corrected chi connectivity index (χ1v) is 12.7. The minimum Gasteiger partial charge on any atom is -0.343 e. The van der Waals surface area contributed by atoms with Crippen LogP contribution in [-0.4, -0.2) is 47.4 Å². The fraction of sp³-hybridized carbons (Fsp3) is 0.200. The Labute approximate surface area is 209 Å². The monoisotopic (exact) mass is 536 g/mol. The van der Waals surface area contributed by atoms with Crippen molar-refractivity contribution in [3.63, 3.8) is 0 Å². The van der Waals surface area contributed by atoms with Crippen LogP contribution in [0.3, 0.4) is 0 Å². The first kappa shape index (κ1) is 26.1. The number of anilines is 1. The lowest BCUT2D eigenvalue weighted by atomic mass is 10.1. The smallest absolute Gasteiger partial charge is 0.289 e. The number of H-pyrrole nitrogens is 1. The number of carbonyl (C=O) groups excluding carboxylic acids is 2. The second-order valence-electron chi connectivity index (χ2n) is 7.23. The van der Waals surface area contributed by atoms with Crippen LogP contribution < -0.4 is 15.4 Å². The van der Waals surface area contributed by atoms with Gasteiger partial charge in [0.2, 0.25) is 27.0 Å². The molecule has 1 aromatic heterocycles. The second kappa shape index (κ2) is 11.3. The molecule has 0 aliphatic rings. The van der Waals surface area contributed by atoms with Gasteiger partial charge in [-0.1, -0.05) is 53.8 Å². The molecule has 2 unspecified atom stereocenters. The van der Waals surface area contributed by atoms with E-state index in [1.54, 1.807) is 30.3 Å². The number of rotatable bonds is 10. The molecule has 0 fully saturated rings. The Morgan fingerprint density at radius 3 is 2.43 bits per heavy atom. The van der Waals surface area contributed by atoms with Crippen LogP contribution in [-0.2, 0) is 26.0 Å². The van der Waals surface area contributed by atoms with E-state index in [0.29, 0.717) is 9.52 Å². The standard InChI is InChI=1S/C20H20N6O6S3/c1-12(17(27)22-19-23-24-20(33)34-19)21-18(28)14(11-13-7-3-2-4-8-13)25-35(31,32)16-10-6-5-9-15(16)26(29)30/h2-10,12,14,25H,11H2,1H3,(H,21,28)(H,24,33)(H,22,23,27). The van der Waals surface area contributed by atoms with E-state index in [1.807, 2.05) is 0 Å². The number of para-hydroxylation sites is 1. The van der Waals surface area contributed by atoms with Crippen molar-refractivity contribution in [2.24, 2.45) is 0 Å². The molecule has 0 saturated heterocycles. The van der Waals surface area contributed by atoms with Crippen LogP contribution in [0.25, 0.3) is 0 Å². The zero-order valence-electron chi connectivity index (χ0n) is 18.1. The van der Waals surface area contributed by atoms with E-state index in [1.165, 1.54) is 19.1 Å². The van der Waals surface area contributed by atoms with E-state index in [-0.39, 0.29) is 11.6 Å². The van der Waals surface area contributed by atoms with Crippen LogP contribution in [0.4, 0.5) is 10.8 Å². The van der Waals surface area contributed by atoms with Gasteiger partial charge < -0.3 is 5.32 Å². The summed E-state index contributed by atoms with van der Waals surface area (Å²) in [5.74, 6) is -1.40. The van der Waals surface area contributed by atoms with Gasteiger partial charge in [0.15, 0.2) is 8.85 Å². The van der Waals surface area contributed by atoms with Crippen LogP contribution in [0.1, 0.15) is 12.5 Å². The SMILES string of the molecule is CC(NC(=O)C(Cc1ccccc1)NS(=O)(=O)c1ccccc1[N+](=O)[O-])C(=O)Nc1n[nH]c(=S)s1. The van der Waals surface area contributed by atoms with Crippen molar-refractivity contribution in [2.45, 2.75) is 30.3 Å². The van der Waals surface area contributed by atoms with Crippen LogP contribution >= 0.6 is 23.6 Å². The molecule has 2 amide bonds. The Balaban J connectivity index is 1.82. The highest BCUT2D eigenvalue weighted by molar-refractivity contribution is 7.89. The summed E-state index contributed by atoms with van der Waals surface area (Å²) in [5, 5.41) is 22.8. The molecular weight excluding hydrogens is 516 g/mol.